The summed E-state index contributed by atoms with van der Waals surface area (Å²) in [4.78, 5) is 28.0. The molecule has 1 N–H and O–H groups in total. The van der Waals surface area contributed by atoms with Gasteiger partial charge in [0, 0.05) is 37.3 Å². The molecule has 0 aliphatic carbocycles. The number of likely N-dealkylation sites (tertiary alicyclic amines) is 1. The number of ether oxygens (including phenoxy) is 1. The molecule has 0 bridgehead atoms. The van der Waals surface area contributed by atoms with Gasteiger partial charge in [-0.05, 0) is 41.3 Å². The molecule has 2 unspecified atom stereocenters. The van der Waals surface area contributed by atoms with Gasteiger partial charge in [0.05, 0.1) is 19.2 Å². The van der Waals surface area contributed by atoms with Gasteiger partial charge in [-0.1, -0.05) is 18.2 Å². The second-order valence-electron chi connectivity index (χ2n) is 8.29. The molecule has 2 aliphatic heterocycles. The molecule has 0 spiro atoms. The van der Waals surface area contributed by atoms with Gasteiger partial charge in [0.25, 0.3) is 5.91 Å². The van der Waals surface area contributed by atoms with Crippen LogP contribution in [0.3, 0.4) is 0 Å². The monoisotopic (exact) mass is 507 g/mol. The normalized spacial score (nSPS) is 19.5. The summed E-state index contributed by atoms with van der Waals surface area (Å²) in [6.07, 6.45) is -3.02. The second-order valence-corrected chi connectivity index (χ2v) is 9.33. The van der Waals surface area contributed by atoms with Crippen LogP contribution in [0, 0.1) is 0 Å². The fourth-order valence-corrected chi connectivity index (χ4v) is 5.20. The number of alkyl halides is 3. The van der Waals surface area contributed by atoms with Crippen LogP contribution >= 0.6 is 11.3 Å². The lowest BCUT2D eigenvalue weighted by Crippen LogP contribution is -2.49. The van der Waals surface area contributed by atoms with E-state index >= 15 is 0 Å². The molecule has 2 aromatic heterocycles. The lowest BCUT2D eigenvalue weighted by Gasteiger charge is -2.38. The zero-order valence-electron chi connectivity index (χ0n) is 18.8. The van der Waals surface area contributed by atoms with Gasteiger partial charge in [-0.3, -0.25) is 9.69 Å². The maximum absolute atomic E-state index is 13.2. The number of hydrogen-bond acceptors (Lipinski definition) is 5. The molecule has 4 heterocycles. The average Bonchev–Trinajstić information content (AvgIpc) is 3.58. The van der Waals surface area contributed by atoms with Crippen molar-refractivity contribution in [2.45, 2.75) is 31.3 Å². The molecule has 1 saturated heterocycles. The highest BCUT2D eigenvalue weighted by Gasteiger charge is 2.44. The minimum atomic E-state index is -5.08. The van der Waals surface area contributed by atoms with E-state index < -0.39 is 12.1 Å². The van der Waals surface area contributed by atoms with Crippen molar-refractivity contribution in [1.82, 2.24) is 14.4 Å². The van der Waals surface area contributed by atoms with Gasteiger partial charge in [-0.15, -0.1) is 11.3 Å². The van der Waals surface area contributed by atoms with E-state index in [-0.39, 0.29) is 11.9 Å². The molecule has 1 aromatic carbocycles. The first-order valence-corrected chi connectivity index (χ1v) is 11.7. The molecule has 1 amide bonds. The highest BCUT2D eigenvalue weighted by Crippen LogP contribution is 2.35. The van der Waals surface area contributed by atoms with Crippen molar-refractivity contribution in [2.24, 2.45) is 0 Å². The Balaban J connectivity index is 0.000000364. The van der Waals surface area contributed by atoms with Gasteiger partial charge in [0.15, 0.2) is 0 Å². The van der Waals surface area contributed by atoms with E-state index in [0.29, 0.717) is 12.6 Å². The number of aliphatic carboxylic acids is 1. The number of nitrogens with zero attached hydrogens (tertiary/aromatic N) is 3. The van der Waals surface area contributed by atoms with Crippen molar-refractivity contribution in [1.29, 1.82) is 0 Å². The van der Waals surface area contributed by atoms with Crippen LogP contribution in [0.4, 0.5) is 13.2 Å². The number of amides is 1. The van der Waals surface area contributed by atoms with E-state index in [4.69, 9.17) is 14.6 Å². The maximum atomic E-state index is 13.2. The molecule has 0 saturated carbocycles. The molecular weight excluding hydrogens is 483 g/mol. The molecule has 2 aliphatic rings. The molecule has 35 heavy (non-hydrogen) atoms. The summed E-state index contributed by atoms with van der Waals surface area (Å²) in [5.41, 5.74) is 1.93. The predicted octanol–water partition coefficient (Wildman–Crippen LogP) is 4.27. The average molecular weight is 508 g/mol. The van der Waals surface area contributed by atoms with Crippen LogP contribution < -0.4 is 4.74 Å². The van der Waals surface area contributed by atoms with Crippen molar-refractivity contribution in [2.75, 3.05) is 20.2 Å². The Kier molecular flexibility index (Phi) is 7.18. The second kappa shape index (κ2) is 10.1. The van der Waals surface area contributed by atoms with E-state index in [1.807, 2.05) is 36.4 Å². The first kappa shape index (κ1) is 24.8. The van der Waals surface area contributed by atoms with Crippen LogP contribution in [-0.2, 0) is 17.9 Å². The molecule has 1 fully saturated rings. The first-order chi connectivity index (χ1) is 16.7. The van der Waals surface area contributed by atoms with Gasteiger partial charge >= 0.3 is 12.1 Å². The number of thiophene rings is 1. The number of halogens is 3. The van der Waals surface area contributed by atoms with Crippen molar-refractivity contribution in [3.63, 3.8) is 0 Å². The summed E-state index contributed by atoms with van der Waals surface area (Å²) in [6.45, 7) is 3.45. The quantitative estimate of drug-likeness (QED) is 0.558. The summed E-state index contributed by atoms with van der Waals surface area (Å²) < 4.78 is 39.2. The number of carboxylic acid groups (broad SMARTS) is 1. The van der Waals surface area contributed by atoms with E-state index in [1.165, 1.54) is 4.88 Å². The molecule has 0 radical (unpaired) electrons. The first-order valence-electron chi connectivity index (χ1n) is 10.8. The Hall–Kier alpha value is -3.31. The number of rotatable bonds is 5. The highest BCUT2D eigenvalue weighted by atomic mass is 32.1. The van der Waals surface area contributed by atoms with E-state index in [0.717, 1.165) is 36.6 Å². The summed E-state index contributed by atoms with van der Waals surface area (Å²) in [5, 5.41) is 9.25. The lowest BCUT2D eigenvalue weighted by molar-refractivity contribution is -0.192. The zero-order valence-corrected chi connectivity index (χ0v) is 19.6. The number of carboxylic acids is 1. The van der Waals surface area contributed by atoms with Crippen LogP contribution in [0.15, 0.2) is 60.1 Å². The molecule has 186 valence electrons. The van der Waals surface area contributed by atoms with Crippen molar-refractivity contribution in [3.05, 3.63) is 76.2 Å². The van der Waals surface area contributed by atoms with E-state index in [1.54, 1.807) is 18.4 Å². The smallest absolute Gasteiger partial charge is 0.490 e. The third-order valence-corrected chi connectivity index (χ3v) is 6.93. The van der Waals surface area contributed by atoms with Gasteiger partial charge in [-0.25, -0.2) is 4.79 Å². The summed E-state index contributed by atoms with van der Waals surface area (Å²) in [7, 11) is 1.67. The molecule has 2 atom stereocenters. The van der Waals surface area contributed by atoms with Crippen LogP contribution in [0.2, 0.25) is 0 Å². The maximum Gasteiger partial charge on any atom is 0.490 e. The fourth-order valence-electron chi connectivity index (χ4n) is 4.46. The van der Waals surface area contributed by atoms with Gasteiger partial charge in [-0.2, -0.15) is 13.2 Å². The minimum Gasteiger partial charge on any atom is -0.497 e. The molecule has 11 heteroatoms. The summed E-state index contributed by atoms with van der Waals surface area (Å²) in [5.74, 6) is -1.80. The largest absolute Gasteiger partial charge is 0.497 e. The third kappa shape index (κ3) is 5.51. The highest BCUT2D eigenvalue weighted by molar-refractivity contribution is 7.09. The Morgan fingerprint density at radius 2 is 1.77 bits per heavy atom. The molecule has 3 aromatic rings. The number of aromatic nitrogens is 1. The minimum absolute atomic E-state index is 0.125. The number of fused-ring (bicyclic) bond motifs is 3. The Bertz CT molecular complexity index is 1160. The standard InChI is InChI=1S/C22H23N3O2S.C2HF3O2/c1-27-17-8-6-16(7-9-17)12-25-21-15-23(13-18-4-3-11-28-18)14-20(21)24-10-2-5-19(24)22(25)26;3-2(4,5)1(6)7/h2-11,20-21H,12-15H2,1H3;(H,6,7). The van der Waals surface area contributed by atoms with Gasteiger partial charge < -0.3 is 19.3 Å². The van der Waals surface area contributed by atoms with Crippen LogP contribution in [0.5, 0.6) is 5.75 Å². The fraction of sp³-hybridized carbons (Fsp3) is 0.333. The topological polar surface area (TPSA) is 75.0 Å². The van der Waals surface area contributed by atoms with Gasteiger partial charge in [0.2, 0.25) is 0 Å². The lowest BCUT2D eigenvalue weighted by atomic mass is 10.0. The van der Waals surface area contributed by atoms with Crippen molar-refractivity contribution < 1.29 is 32.6 Å². The third-order valence-electron chi connectivity index (χ3n) is 6.07. The van der Waals surface area contributed by atoms with E-state index in [9.17, 15) is 18.0 Å². The molecule has 5 rings (SSSR count). The summed E-state index contributed by atoms with van der Waals surface area (Å²) in [6, 6.07) is 16.7. The molecular formula is C24H24F3N3O4S. The number of carbonyl (C=O) groups is 2. The number of hydrogen-bond donors (Lipinski definition) is 1. The Morgan fingerprint density at radius 1 is 1.09 bits per heavy atom. The number of benzene rings is 1. The zero-order chi connectivity index (χ0) is 25.2. The predicted molar refractivity (Wildman–Crippen MR) is 123 cm³/mol. The number of carbonyl (C=O) groups excluding carboxylic acids is 1. The van der Waals surface area contributed by atoms with Crippen molar-refractivity contribution >= 4 is 23.2 Å². The van der Waals surface area contributed by atoms with Gasteiger partial charge in [0.1, 0.15) is 11.4 Å². The SMILES string of the molecule is COc1ccc(CN2C(=O)c3cccn3C3CN(Cc4cccs4)CC32)cc1.O=C(O)C(F)(F)F. The van der Waals surface area contributed by atoms with Crippen LogP contribution in [0.1, 0.15) is 27.0 Å². The van der Waals surface area contributed by atoms with Crippen LogP contribution in [0.25, 0.3) is 0 Å². The van der Waals surface area contributed by atoms with Crippen molar-refractivity contribution in [3.8, 4) is 5.75 Å². The van der Waals surface area contributed by atoms with Crippen LogP contribution in [-0.4, -0.2) is 63.8 Å². The molecule has 7 nitrogen and oxygen atoms in total. The number of methoxy groups -OCH3 is 1. The van der Waals surface area contributed by atoms with E-state index in [2.05, 4.69) is 38.1 Å². The summed E-state index contributed by atoms with van der Waals surface area (Å²) >= 11 is 1.80. The Morgan fingerprint density at radius 3 is 2.37 bits per heavy atom. The Labute approximate surface area is 203 Å².